The maximum absolute atomic E-state index is 11.4. The Hall–Kier alpha value is -0.530. The van der Waals surface area contributed by atoms with Crippen molar-refractivity contribution in [1.82, 2.24) is 0 Å². The third-order valence-corrected chi connectivity index (χ3v) is 2.73. The Morgan fingerprint density at radius 1 is 1.06 bits per heavy atom. The Bertz CT molecular complexity index is 243. The molecule has 1 aliphatic heterocycles. The third kappa shape index (κ3) is 2.41. The van der Waals surface area contributed by atoms with Gasteiger partial charge in [0.25, 0.3) is 0 Å². The predicted molar refractivity (Wildman–Crippen MR) is 54.0 cm³/mol. The summed E-state index contributed by atoms with van der Waals surface area (Å²) in [5.41, 5.74) is 0. The number of rotatable bonds is 4. The summed E-state index contributed by atoms with van der Waals surface area (Å²) in [6, 6.07) is 0. The summed E-state index contributed by atoms with van der Waals surface area (Å²) in [6.07, 6.45) is -3.85. The normalized spacial score (nSPS) is 39.7. The maximum Gasteiger partial charge on any atom is 0.184 e. The van der Waals surface area contributed by atoms with E-state index in [0.29, 0.717) is 0 Å². The Kier molecular flexibility index (Phi) is 4.82. The molecule has 16 heavy (non-hydrogen) atoms. The molecular weight excluding hydrogens is 216 g/mol. The number of aliphatic hydroxyl groups excluding tert-OH is 1. The summed E-state index contributed by atoms with van der Waals surface area (Å²) in [5.74, 6) is -0.220. The number of carbonyl (C=O) groups is 1. The monoisotopic (exact) mass is 234 g/mol. The van der Waals surface area contributed by atoms with Crippen LogP contribution in [0.4, 0.5) is 0 Å². The lowest BCUT2D eigenvalue weighted by atomic mass is 9.96. The lowest BCUT2D eigenvalue weighted by molar-refractivity contribution is -0.288. The quantitative estimate of drug-likeness (QED) is 0.696. The average molecular weight is 234 g/mol. The largest absolute Gasteiger partial charge is 0.376 e. The number of hydrogen-bond acceptors (Lipinski definition) is 6. The van der Waals surface area contributed by atoms with Crippen LogP contribution in [0, 0.1) is 0 Å². The molecule has 0 aromatic rings. The number of Topliss-reactive ketones (excluding diaryl/α,β-unsaturated/α-hetero) is 1. The van der Waals surface area contributed by atoms with Crippen LogP contribution in [0.2, 0.25) is 0 Å². The van der Waals surface area contributed by atoms with Crippen molar-refractivity contribution in [1.29, 1.82) is 0 Å². The maximum atomic E-state index is 11.4. The van der Waals surface area contributed by atoms with Gasteiger partial charge in [0.05, 0.1) is 0 Å². The van der Waals surface area contributed by atoms with Gasteiger partial charge < -0.3 is 24.1 Å². The number of hydrogen-bond donors (Lipinski definition) is 1. The van der Waals surface area contributed by atoms with Gasteiger partial charge in [-0.2, -0.15) is 0 Å². The molecule has 1 N–H and O–H groups in total. The molecule has 0 aromatic carbocycles. The van der Waals surface area contributed by atoms with Gasteiger partial charge in [0.2, 0.25) is 0 Å². The van der Waals surface area contributed by atoms with E-state index in [-0.39, 0.29) is 5.78 Å². The van der Waals surface area contributed by atoms with Gasteiger partial charge >= 0.3 is 0 Å². The Morgan fingerprint density at radius 3 is 1.94 bits per heavy atom. The first kappa shape index (κ1) is 13.5. The van der Waals surface area contributed by atoms with E-state index in [1.54, 1.807) is 0 Å². The second-order valence-corrected chi connectivity index (χ2v) is 3.66. The lowest BCUT2D eigenvalue weighted by Gasteiger charge is -2.42. The molecule has 0 amide bonds. The predicted octanol–water partition coefficient (Wildman–Crippen LogP) is -0.662. The number of carbonyl (C=O) groups excluding carboxylic acids is 1. The van der Waals surface area contributed by atoms with Crippen molar-refractivity contribution >= 4 is 5.78 Å². The topological polar surface area (TPSA) is 74.2 Å². The summed E-state index contributed by atoms with van der Waals surface area (Å²) in [7, 11) is 4.36. The highest BCUT2D eigenvalue weighted by Crippen LogP contribution is 2.26. The molecule has 0 bridgehead atoms. The second kappa shape index (κ2) is 5.70. The molecule has 94 valence electrons. The molecule has 1 heterocycles. The number of ketones is 1. The summed E-state index contributed by atoms with van der Waals surface area (Å²) in [5, 5.41) is 9.67. The first-order valence-corrected chi connectivity index (χ1v) is 4.99. The minimum Gasteiger partial charge on any atom is -0.376 e. The number of ether oxygens (including phenoxy) is 4. The highest BCUT2D eigenvalue weighted by atomic mass is 16.7. The van der Waals surface area contributed by atoms with Gasteiger partial charge in [-0.1, -0.05) is 0 Å². The fraction of sp³-hybridized carbons (Fsp3) is 0.900. The van der Waals surface area contributed by atoms with Crippen molar-refractivity contribution in [3.05, 3.63) is 0 Å². The van der Waals surface area contributed by atoms with Crippen LogP contribution >= 0.6 is 0 Å². The molecule has 5 unspecified atom stereocenters. The van der Waals surface area contributed by atoms with E-state index in [4.69, 9.17) is 18.9 Å². The summed E-state index contributed by atoms with van der Waals surface area (Å²) in [6.45, 7) is 1.38. The van der Waals surface area contributed by atoms with E-state index < -0.39 is 30.7 Å². The van der Waals surface area contributed by atoms with E-state index in [0.717, 1.165) is 0 Å². The van der Waals surface area contributed by atoms with Crippen molar-refractivity contribution in [2.24, 2.45) is 0 Å². The van der Waals surface area contributed by atoms with Gasteiger partial charge in [-0.15, -0.1) is 0 Å². The van der Waals surface area contributed by atoms with Crippen LogP contribution in [0.15, 0.2) is 0 Å². The smallest absolute Gasteiger partial charge is 0.184 e. The molecule has 1 rings (SSSR count). The van der Waals surface area contributed by atoms with Crippen LogP contribution in [0.1, 0.15) is 6.92 Å². The molecule has 0 spiro atoms. The highest BCUT2D eigenvalue weighted by Gasteiger charge is 2.48. The molecule has 0 aliphatic carbocycles. The van der Waals surface area contributed by atoms with Crippen LogP contribution in [-0.4, -0.2) is 62.9 Å². The highest BCUT2D eigenvalue weighted by molar-refractivity contribution is 5.81. The van der Waals surface area contributed by atoms with Crippen molar-refractivity contribution in [2.45, 2.75) is 37.6 Å². The van der Waals surface area contributed by atoms with Gasteiger partial charge in [0, 0.05) is 21.3 Å². The van der Waals surface area contributed by atoms with Gasteiger partial charge in [0.1, 0.15) is 24.4 Å². The average Bonchev–Trinajstić information content (AvgIpc) is 2.27. The molecule has 0 saturated carbocycles. The molecule has 6 nitrogen and oxygen atoms in total. The Labute approximate surface area is 94.4 Å². The summed E-state index contributed by atoms with van der Waals surface area (Å²) in [4.78, 5) is 11.4. The van der Waals surface area contributed by atoms with Crippen molar-refractivity contribution in [3.8, 4) is 0 Å². The van der Waals surface area contributed by atoms with Gasteiger partial charge in [-0.05, 0) is 6.92 Å². The summed E-state index contributed by atoms with van der Waals surface area (Å²) < 4.78 is 20.6. The van der Waals surface area contributed by atoms with E-state index in [2.05, 4.69) is 0 Å². The van der Waals surface area contributed by atoms with E-state index in [9.17, 15) is 9.90 Å². The molecule has 6 heteroatoms. The molecule has 1 fully saturated rings. The third-order valence-electron chi connectivity index (χ3n) is 2.73. The van der Waals surface area contributed by atoms with Crippen LogP contribution < -0.4 is 0 Å². The van der Waals surface area contributed by atoms with Crippen molar-refractivity contribution in [2.75, 3.05) is 21.3 Å². The minimum absolute atomic E-state index is 0.220. The number of aliphatic hydroxyl groups is 1. The molecule has 0 radical (unpaired) electrons. The molecule has 1 aliphatic rings. The minimum atomic E-state index is -1.20. The fourth-order valence-electron chi connectivity index (χ4n) is 1.93. The lowest BCUT2D eigenvalue weighted by Crippen LogP contribution is -2.61. The molecule has 1 saturated heterocycles. The van der Waals surface area contributed by atoms with E-state index in [1.165, 1.54) is 28.3 Å². The zero-order chi connectivity index (χ0) is 12.3. The van der Waals surface area contributed by atoms with Gasteiger partial charge in [-0.3, -0.25) is 4.79 Å². The first-order chi connectivity index (χ1) is 7.56. The van der Waals surface area contributed by atoms with Crippen LogP contribution in [0.5, 0.6) is 0 Å². The summed E-state index contributed by atoms with van der Waals surface area (Å²) >= 11 is 0. The number of methoxy groups -OCH3 is 3. The van der Waals surface area contributed by atoms with Gasteiger partial charge in [-0.25, -0.2) is 0 Å². The Balaban J connectivity index is 2.91. The van der Waals surface area contributed by atoms with Gasteiger partial charge in [0.15, 0.2) is 12.1 Å². The van der Waals surface area contributed by atoms with Crippen LogP contribution in [0.3, 0.4) is 0 Å². The molecule has 5 atom stereocenters. The fourth-order valence-corrected chi connectivity index (χ4v) is 1.93. The zero-order valence-corrected chi connectivity index (χ0v) is 9.88. The van der Waals surface area contributed by atoms with Crippen molar-refractivity contribution in [3.63, 3.8) is 0 Å². The molecule has 0 aromatic heterocycles. The Morgan fingerprint density at radius 2 is 1.56 bits per heavy atom. The van der Waals surface area contributed by atoms with E-state index >= 15 is 0 Å². The standard InChI is InChI=1S/C10H18O6/c1-5(11)6-7(13-2)8(14-3)9(15-4)10(12)16-6/h6-10,12H,1-4H3. The first-order valence-electron chi connectivity index (χ1n) is 4.99. The van der Waals surface area contributed by atoms with Crippen molar-refractivity contribution < 1.29 is 28.8 Å². The molecular formula is C10H18O6. The zero-order valence-electron chi connectivity index (χ0n) is 9.88. The van der Waals surface area contributed by atoms with E-state index in [1.807, 2.05) is 0 Å². The second-order valence-electron chi connectivity index (χ2n) is 3.66. The SMILES string of the molecule is COC1C(O)OC(C(C)=O)C(OC)C1OC. The van der Waals surface area contributed by atoms with Crippen LogP contribution in [-0.2, 0) is 23.7 Å². The van der Waals surface area contributed by atoms with Crippen LogP contribution in [0.25, 0.3) is 0 Å².